The Bertz CT molecular complexity index is 1060. The fourth-order valence-corrected chi connectivity index (χ4v) is 5.34. The Balaban J connectivity index is 2.09. The van der Waals surface area contributed by atoms with Crippen molar-refractivity contribution in [2.75, 3.05) is 13.7 Å². The van der Waals surface area contributed by atoms with E-state index < -0.39 is 27.8 Å². The highest BCUT2D eigenvalue weighted by Crippen LogP contribution is 2.34. The summed E-state index contributed by atoms with van der Waals surface area (Å²) in [6.45, 7) is 4.13. The van der Waals surface area contributed by atoms with Gasteiger partial charge in [-0.1, -0.05) is 31.5 Å². The summed E-state index contributed by atoms with van der Waals surface area (Å²) in [5.41, 5.74) is -0.135. The van der Waals surface area contributed by atoms with Crippen molar-refractivity contribution in [2.24, 2.45) is 5.41 Å². The van der Waals surface area contributed by atoms with E-state index in [2.05, 4.69) is 5.32 Å². The molecule has 9 heteroatoms. The van der Waals surface area contributed by atoms with Gasteiger partial charge in [0.05, 0.1) is 12.0 Å². The first-order valence-electron chi connectivity index (χ1n) is 9.91. The highest BCUT2D eigenvalue weighted by molar-refractivity contribution is 7.89. The van der Waals surface area contributed by atoms with Gasteiger partial charge >= 0.3 is 0 Å². The van der Waals surface area contributed by atoms with E-state index in [4.69, 9.17) is 16.3 Å². The van der Waals surface area contributed by atoms with Crippen molar-refractivity contribution in [1.82, 2.24) is 9.62 Å². The number of ether oxygens (including phenoxy) is 1. The lowest BCUT2D eigenvalue weighted by Gasteiger charge is -2.33. The molecule has 1 amide bonds. The van der Waals surface area contributed by atoms with Crippen LogP contribution in [0.2, 0.25) is 5.02 Å². The minimum atomic E-state index is -4.13. The monoisotopic (exact) mass is 468 g/mol. The summed E-state index contributed by atoms with van der Waals surface area (Å²) >= 11 is 5.92. The number of benzene rings is 2. The van der Waals surface area contributed by atoms with Crippen molar-refractivity contribution in [3.8, 4) is 5.75 Å². The molecule has 0 saturated carbocycles. The maximum Gasteiger partial charge on any atom is 0.244 e. The molecule has 0 bridgehead atoms. The van der Waals surface area contributed by atoms with E-state index in [1.165, 1.54) is 43.5 Å². The molecule has 31 heavy (non-hydrogen) atoms. The predicted octanol–water partition coefficient (Wildman–Crippen LogP) is 3.98. The summed E-state index contributed by atoms with van der Waals surface area (Å²) in [6.07, 6.45) is 1.02. The van der Waals surface area contributed by atoms with Crippen LogP contribution < -0.4 is 10.1 Å². The lowest BCUT2D eigenvalue weighted by molar-refractivity contribution is -0.125. The Morgan fingerprint density at radius 3 is 2.52 bits per heavy atom. The maximum atomic E-state index is 14.7. The molecule has 0 radical (unpaired) electrons. The molecule has 0 aromatic heterocycles. The first-order chi connectivity index (χ1) is 14.5. The lowest BCUT2D eigenvalue weighted by Crippen LogP contribution is -2.49. The second kappa shape index (κ2) is 9.14. The van der Waals surface area contributed by atoms with Crippen molar-refractivity contribution in [3.63, 3.8) is 0 Å². The van der Waals surface area contributed by atoms with Gasteiger partial charge in [-0.3, -0.25) is 4.79 Å². The van der Waals surface area contributed by atoms with E-state index in [1.54, 1.807) is 6.07 Å². The molecule has 3 rings (SSSR count). The summed E-state index contributed by atoms with van der Waals surface area (Å²) < 4.78 is 48.0. The molecule has 1 unspecified atom stereocenters. The van der Waals surface area contributed by atoms with Gasteiger partial charge in [-0.25, -0.2) is 12.8 Å². The van der Waals surface area contributed by atoms with Crippen molar-refractivity contribution >= 4 is 27.5 Å². The van der Waals surface area contributed by atoms with Gasteiger partial charge in [-0.15, -0.1) is 0 Å². The standard InChI is InChI=1S/C22H26ClFN2O4S/c1-22(2)10-11-25-21(27)20(13-22)26(14-15-4-7-17(30-3)12-19(15)24)31(28,29)18-8-5-16(23)6-9-18/h4-9,12,20H,10-11,13-14H2,1-3H3,(H,25,27). The smallest absolute Gasteiger partial charge is 0.244 e. The van der Waals surface area contributed by atoms with Crippen LogP contribution in [-0.2, 0) is 21.4 Å². The van der Waals surface area contributed by atoms with Crippen LogP contribution in [0.5, 0.6) is 5.75 Å². The number of hydrogen-bond donors (Lipinski definition) is 1. The zero-order chi connectivity index (χ0) is 22.8. The number of amides is 1. The summed E-state index contributed by atoms with van der Waals surface area (Å²) in [6, 6.07) is 8.94. The fourth-order valence-electron chi connectivity index (χ4n) is 3.65. The molecule has 1 N–H and O–H groups in total. The van der Waals surface area contributed by atoms with Gasteiger partial charge in [-0.05, 0) is 48.6 Å². The second-order valence-electron chi connectivity index (χ2n) is 8.39. The van der Waals surface area contributed by atoms with Gasteiger partial charge in [0.2, 0.25) is 15.9 Å². The zero-order valence-corrected chi connectivity index (χ0v) is 19.3. The number of carbonyl (C=O) groups is 1. The molecular weight excluding hydrogens is 443 g/mol. The quantitative estimate of drug-likeness (QED) is 0.695. The van der Waals surface area contributed by atoms with Crippen molar-refractivity contribution in [1.29, 1.82) is 0 Å². The van der Waals surface area contributed by atoms with E-state index in [1.807, 2.05) is 13.8 Å². The first kappa shape index (κ1) is 23.5. The van der Waals surface area contributed by atoms with E-state index in [-0.39, 0.29) is 22.4 Å². The van der Waals surface area contributed by atoms with Crippen LogP contribution in [0.3, 0.4) is 0 Å². The Hall–Kier alpha value is -2.16. The summed E-state index contributed by atoms with van der Waals surface area (Å²) in [4.78, 5) is 12.9. The summed E-state index contributed by atoms with van der Waals surface area (Å²) in [5, 5.41) is 3.19. The van der Waals surface area contributed by atoms with Gasteiger partial charge in [0.1, 0.15) is 17.6 Å². The molecule has 1 saturated heterocycles. The molecule has 2 aromatic rings. The Morgan fingerprint density at radius 2 is 1.90 bits per heavy atom. The van der Waals surface area contributed by atoms with Crippen molar-refractivity contribution in [2.45, 2.75) is 44.2 Å². The van der Waals surface area contributed by atoms with Gasteiger partial charge in [0.15, 0.2) is 0 Å². The van der Waals surface area contributed by atoms with Crippen LogP contribution in [0.4, 0.5) is 4.39 Å². The van der Waals surface area contributed by atoms with Gasteiger partial charge < -0.3 is 10.1 Å². The molecule has 1 fully saturated rings. The second-order valence-corrected chi connectivity index (χ2v) is 10.7. The lowest BCUT2D eigenvalue weighted by atomic mass is 9.83. The molecule has 1 heterocycles. The largest absolute Gasteiger partial charge is 0.497 e. The molecule has 6 nitrogen and oxygen atoms in total. The van der Waals surface area contributed by atoms with Crippen LogP contribution in [0.15, 0.2) is 47.4 Å². The molecule has 1 aliphatic heterocycles. The number of halogens is 2. The number of carbonyl (C=O) groups excluding carboxylic acids is 1. The highest BCUT2D eigenvalue weighted by Gasteiger charge is 2.41. The third-order valence-corrected chi connectivity index (χ3v) is 7.62. The first-order valence-corrected chi connectivity index (χ1v) is 11.7. The van der Waals surface area contributed by atoms with Gasteiger partial charge in [0, 0.05) is 29.7 Å². The van der Waals surface area contributed by atoms with Crippen LogP contribution in [-0.4, -0.2) is 38.3 Å². The Kier molecular flexibility index (Phi) is 6.93. The van der Waals surface area contributed by atoms with Crippen LogP contribution in [0.1, 0.15) is 32.3 Å². The van der Waals surface area contributed by atoms with E-state index in [0.717, 1.165) is 4.31 Å². The average molecular weight is 469 g/mol. The Labute approximate surface area is 187 Å². The zero-order valence-electron chi connectivity index (χ0n) is 17.7. The predicted molar refractivity (Wildman–Crippen MR) is 117 cm³/mol. The van der Waals surface area contributed by atoms with Crippen LogP contribution in [0.25, 0.3) is 0 Å². The molecule has 0 aliphatic carbocycles. The summed E-state index contributed by atoms with van der Waals surface area (Å²) in [7, 11) is -2.71. The van der Waals surface area contributed by atoms with E-state index in [9.17, 15) is 17.6 Å². The fraction of sp³-hybridized carbons (Fsp3) is 0.409. The average Bonchev–Trinajstić information content (AvgIpc) is 2.84. The van der Waals surface area contributed by atoms with Crippen LogP contribution in [0, 0.1) is 11.2 Å². The SMILES string of the molecule is COc1ccc(CN(C2CC(C)(C)CCNC2=O)S(=O)(=O)c2ccc(Cl)cc2)c(F)c1. The van der Waals surface area contributed by atoms with Crippen molar-refractivity contribution in [3.05, 3.63) is 58.9 Å². The molecule has 168 valence electrons. The number of hydrogen-bond acceptors (Lipinski definition) is 4. The van der Waals surface area contributed by atoms with E-state index in [0.29, 0.717) is 30.2 Å². The van der Waals surface area contributed by atoms with E-state index >= 15 is 0 Å². The number of sulfonamides is 1. The number of nitrogens with one attached hydrogen (secondary N) is 1. The normalized spacial score (nSPS) is 19.0. The summed E-state index contributed by atoms with van der Waals surface area (Å²) in [5.74, 6) is -0.678. The molecule has 1 aliphatic rings. The highest BCUT2D eigenvalue weighted by atomic mass is 35.5. The topological polar surface area (TPSA) is 75.7 Å². The third kappa shape index (κ3) is 5.37. The van der Waals surface area contributed by atoms with Crippen LogP contribution >= 0.6 is 11.6 Å². The molecule has 2 aromatic carbocycles. The van der Waals surface area contributed by atoms with Crippen molar-refractivity contribution < 1.29 is 22.3 Å². The third-order valence-electron chi connectivity index (χ3n) is 5.50. The van der Waals surface area contributed by atoms with Gasteiger partial charge in [-0.2, -0.15) is 4.31 Å². The molecule has 0 spiro atoms. The number of nitrogens with zero attached hydrogens (tertiary/aromatic N) is 1. The minimum Gasteiger partial charge on any atom is -0.497 e. The number of rotatable bonds is 6. The molecule has 1 atom stereocenters. The Morgan fingerprint density at radius 1 is 1.23 bits per heavy atom. The minimum absolute atomic E-state index is 0.0133. The number of methoxy groups -OCH3 is 1. The maximum absolute atomic E-state index is 14.7. The molecular formula is C22H26ClFN2O4S. The van der Waals surface area contributed by atoms with Gasteiger partial charge in [0.25, 0.3) is 0 Å².